The predicted molar refractivity (Wildman–Crippen MR) is 135 cm³/mol. The quantitative estimate of drug-likeness (QED) is 0.519. The first kappa shape index (κ1) is 30.5. The number of aromatic carboxylic acids is 1. The van der Waals surface area contributed by atoms with Gasteiger partial charge in [0.25, 0.3) is 0 Å². The van der Waals surface area contributed by atoms with Crippen LogP contribution in [0.2, 0.25) is 0 Å². The molecule has 0 radical (unpaired) electrons. The molecule has 1 N–H and O–H groups in total. The van der Waals surface area contributed by atoms with Crippen LogP contribution in [0, 0.1) is 18.3 Å². The van der Waals surface area contributed by atoms with Crippen LogP contribution in [-0.4, -0.2) is 20.6 Å². The van der Waals surface area contributed by atoms with E-state index in [-0.39, 0.29) is 5.56 Å². The summed E-state index contributed by atoms with van der Waals surface area (Å²) in [6, 6.07) is 1.34. The molecule has 2 heterocycles. The van der Waals surface area contributed by atoms with Crippen molar-refractivity contribution in [2.45, 2.75) is 75.3 Å². The number of carboxylic acid groups (broad SMARTS) is 1. The lowest BCUT2D eigenvalue weighted by molar-refractivity contribution is 0.0694. The summed E-state index contributed by atoms with van der Waals surface area (Å²) in [6.45, 7) is 18.9. The Kier molecular flexibility index (Phi) is 16.8. The Hall–Kier alpha value is -2.65. The second kappa shape index (κ2) is 17.1. The number of hydrogen-bond acceptors (Lipinski definition) is 4. The first-order valence-corrected chi connectivity index (χ1v) is 11.6. The van der Waals surface area contributed by atoms with Gasteiger partial charge in [0, 0.05) is 36.3 Å². The molecule has 0 fully saturated rings. The molecule has 0 saturated carbocycles. The molecule has 0 saturated heterocycles. The van der Waals surface area contributed by atoms with E-state index in [9.17, 15) is 9.59 Å². The van der Waals surface area contributed by atoms with Crippen molar-refractivity contribution < 1.29 is 9.90 Å². The van der Waals surface area contributed by atoms with Gasteiger partial charge in [-0.15, -0.1) is 17.8 Å². The van der Waals surface area contributed by atoms with Crippen LogP contribution in [0.5, 0.6) is 0 Å². The molecule has 0 spiro atoms. The Morgan fingerprint density at radius 3 is 2.19 bits per heavy atom. The zero-order chi connectivity index (χ0) is 24.6. The molecule has 0 aromatic carbocycles. The molecule has 0 aliphatic rings. The molecule has 0 aliphatic heterocycles. The third kappa shape index (κ3) is 10.3. The van der Waals surface area contributed by atoms with E-state index < -0.39 is 11.4 Å². The molecule has 0 aliphatic carbocycles. The fourth-order valence-corrected chi connectivity index (χ4v) is 3.00. The van der Waals surface area contributed by atoms with Crippen LogP contribution in [0.3, 0.4) is 0 Å². The van der Waals surface area contributed by atoms with Crippen molar-refractivity contribution in [3.63, 3.8) is 0 Å². The van der Waals surface area contributed by atoms with Gasteiger partial charge in [-0.25, -0.2) is 4.79 Å². The highest BCUT2D eigenvalue weighted by Crippen LogP contribution is 2.27. The topological polar surface area (TPSA) is 72.2 Å². The summed E-state index contributed by atoms with van der Waals surface area (Å²) in [7, 11) is 0. The van der Waals surface area contributed by atoms with E-state index in [0.717, 1.165) is 22.8 Å². The molecule has 6 heteroatoms. The maximum absolute atomic E-state index is 12.1. The maximum atomic E-state index is 12.1. The van der Waals surface area contributed by atoms with E-state index in [0.29, 0.717) is 17.8 Å². The summed E-state index contributed by atoms with van der Waals surface area (Å²) >= 11 is 1.42. The van der Waals surface area contributed by atoms with Crippen LogP contribution in [-0.2, 0) is 6.54 Å². The number of aromatic nitrogens is 2. The Morgan fingerprint density at radius 1 is 1.26 bits per heavy atom. The van der Waals surface area contributed by atoms with Gasteiger partial charge in [0.05, 0.1) is 10.4 Å². The SMILES string of the molecule is C#C/C(=C(\C)c1cc(=O)c(C(=O)O)cn1CCC)c1cncs1.CC.CC.CC(C)C. The molecule has 0 amide bonds. The van der Waals surface area contributed by atoms with Gasteiger partial charge in [-0.3, -0.25) is 9.78 Å². The van der Waals surface area contributed by atoms with Gasteiger partial charge in [0.1, 0.15) is 5.56 Å². The molecule has 5 nitrogen and oxygen atoms in total. The minimum atomic E-state index is -1.23. The van der Waals surface area contributed by atoms with E-state index in [2.05, 4.69) is 31.7 Å². The van der Waals surface area contributed by atoms with Crippen molar-refractivity contribution in [1.82, 2.24) is 9.55 Å². The lowest BCUT2D eigenvalue weighted by Crippen LogP contribution is -2.20. The first-order chi connectivity index (χ1) is 14.7. The van der Waals surface area contributed by atoms with Crippen molar-refractivity contribution in [3.8, 4) is 12.3 Å². The largest absolute Gasteiger partial charge is 0.477 e. The molecule has 2 rings (SSSR count). The zero-order valence-corrected chi connectivity index (χ0v) is 21.3. The third-order valence-electron chi connectivity index (χ3n) is 3.40. The van der Waals surface area contributed by atoms with Gasteiger partial charge in [-0.2, -0.15) is 0 Å². The molecule has 0 bridgehead atoms. The summed E-state index contributed by atoms with van der Waals surface area (Å²) in [5.41, 5.74) is 2.95. The van der Waals surface area contributed by atoms with E-state index in [1.807, 2.05) is 41.5 Å². The average molecular weight is 447 g/mol. The predicted octanol–water partition coefficient (Wildman–Crippen LogP) is 6.69. The minimum absolute atomic E-state index is 0.241. The second-order valence-corrected chi connectivity index (χ2v) is 7.56. The van der Waals surface area contributed by atoms with Gasteiger partial charge in [-0.1, -0.05) is 61.3 Å². The Morgan fingerprint density at radius 2 is 1.81 bits per heavy atom. The summed E-state index contributed by atoms with van der Waals surface area (Å²) in [5, 5.41) is 9.13. The lowest BCUT2D eigenvalue weighted by Gasteiger charge is -2.15. The number of terminal acetylenes is 1. The number of thiazole rings is 1. The van der Waals surface area contributed by atoms with Gasteiger partial charge in [-0.05, 0) is 24.8 Å². The lowest BCUT2D eigenvalue weighted by atomic mass is 10.0. The molecule has 2 aromatic heterocycles. The zero-order valence-electron chi connectivity index (χ0n) is 20.4. The van der Waals surface area contributed by atoms with Crippen LogP contribution in [0.25, 0.3) is 11.1 Å². The van der Waals surface area contributed by atoms with Crippen molar-refractivity contribution >= 4 is 28.5 Å². The number of pyridine rings is 1. The second-order valence-electron chi connectivity index (χ2n) is 6.68. The molecular weight excluding hydrogens is 408 g/mol. The summed E-state index contributed by atoms with van der Waals surface area (Å²) in [4.78, 5) is 28.1. The van der Waals surface area contributed by atoms with E-state index in [1.54, 1.807) is 16.3 Å². The van der Waals surface area contributed by atoms with Crippen LogP contribution >= 0.6 is 11.3 Å². The Balaban J connectivity index is 0. The minimum Gasteiger partial charge on any atom is -0.477 e. The monoisotopic (exact) mass is 446 g/mol. The third-order valence-corrected chi connectivity index (χ3v) is 4.20. The molecular formula is C25H38N2O3S. The Bertz CT molecular complexity index is 899. The summed E-state index contributed by atoms with van der Waals surface area (Å²) in [5.74, 6) is 2.25. The standard InChI is InChI=1S/C17H16N2O3S.C4H10.2C2H6/c1-4-6-19-9-13(17(21)22)15(20)7-14(19)11(3)12(5-2)16-8-18-10-23-16;1-4(2)3;2*1-2/h2,7-10H,4,6H2,1,3H3,(H,21,22);4H,1-3H3;2*1-2H3/b12-11-;;;. The Labute approximate surface area is 191 Å². The van der Waals surface area contributed by atoms with Gasteiger partial charge >= 0.3 is 5.97 Å². The number of allylic oxidation sites excluding steroid dienone is 2. The number of carboxylic acids is 1. The summed E-state index contributed by atoms with van der Waals surface area (Å²) in [6.07, 6.45) is 9.49. The van der Waals surface area contributed by atoms with Gasteiger partial charge in [0.15, 0.2) is 5.43 Å². The van der Waals surface area contributed by atoms with Crippen molar-refractivity contribution in [2.75, 3.05) is 0 Å². The van der Waals surface area contributed by atoms with Crippen molar-refractivity contribution in [1.29, 1.82) is 0 Å². The van der Waals surface area contributed by atoms with E-state index in [4.69, 9.17) is 11.5 Å². The van der Waals surface area contributed by atoms with Crippen LogP contribution in [0.15, 0.2) is 28.8 Å². The molecule has 0 atom stereocenters. The van der Waals surface area contributed by atoms with Crippen LogP contribution in [0.1, 0.15) is 89.7 Å². The normalized spacial score (nSPS) is 10.2. The van der Waals surface area contributed by atoms with Crippen molar-refractivity contribution in [2.24, 2.45) is 5.92 Å². The molecule has 0 unspecified atom stereocenters. The maximum Gasteiger partial charge on any atom is 0.341 e. The van der Waals surface area contributed by atoms with Gasteiger partial charge in [0.2, 0.25) is 0 Å². The molecule has 31 heavy (non-hydrogen) atoms. The summed E-state index contributed by atoms with van der Waals surface area (Å²) < 4.78 is 1.76. The van der Waals surface area contributed by atoms with E-state index in [1.165, 1.54) is 23.6 Å². The number of hydrogen-bond donors (Lipinski definition) is 1. The number of aryl methyl sites for hydroxylation is 1. The first-order valence-electron chi connectivity index (χ1n) is 10.8. The highest BCUT2D eigenvalue weighted by Gasteiger charge is 2.15. The number of nitrogens with zero attached hydrogens (tertiary/aromatic N) is 2. The van der Waals surface area contributed by atoms with Crippen LogP contribution < -0.4 is 5.43 Å². The van der Waals surface area contributed by atoms with Crippen LogP contribution in [0.4, 0.5) is 0 Å². The molecule has 172 valence electrons. The fraction of sp³-hybridized carbons (Fsp3) is 0.480. The van der Waals surface area contributed by atoms with Gasteiger partial charge < -0.3 is 9.67 Å². The number of rotatable bonds is 5. The highest BCUT2D eigenvalue weighted by atomic mass is 32.1. The van der Waals surface area contributed by atoms with Crippen molar-refractivity contribution in [3.05, 3.63) is 50.3 Å². The fourth-order valence-electron chi connectivity index (χ4n) is 2.32. The highest BCUT2D eigenvalue weighted by molar-refractivity contribution is 7.11. The average Bonchev–Trinajstić information content (AvgIpc) is 3.26. The number of carbonyl (C=O) groups is 1. The smallest absolute Gasteiger partial charge is 0.341 e. The van der Waals surface area contributed by atoms with E-state index >= 15 is 0 Å². The molecule has 2 aromatic rings.